The van der Waals surface area contributed by atoms with Crippen molar-refractivity contribution >= 4 is 11.7 Å². The van der Waals surface area contributed by atoms with Gasteiger partial charge in [0, 0.05) is 11.6 Å². The molecule has 0 heterocycles. The van der Waals surface area contributed by atoms with Gasteiger partial charge in [0.05, 0.1) is 19.8 Å². The van der Waals surface area contributed by atoms with Crippen molar-refractivity contribution in [3.63, 3.8) is 0 Å². The quantitative estimate of drug-likeness (QED) is 0.536. The number of nitriles is 1. The topological polar surface area (TPSA) is 91.6 Å². The van der Waals surface area contributed by atoms with Gasteiger partial charge in [0.15, 0.2) is 0 Å². The number of esters is 1. The summed E-state index contributed by atoms with van der Waals surface area (Å²) in [7, 11) is 1.57. The second-order valence-electron chi connectivity index (χ2n) is 5.13. The first-order valence-electron chi connectivity index (χ1n) is 7.72. The summed E-state index contributed by atoms with van der Waals surface area (Å²) in [6.45, 7) is 3.89. The molecule has 1 aromatic carbocycles. The van der Waals surface area contributed by atoms with Gasteiger partial charge in [-0.05, 0) is 37.6 Å². The lowest BCUT2D eigenvalue weighted by Gasteiger charge is -2.28. The predicted octanol–water partition coefficient (Wildman–Crippen LogP) is 2.34. The van der Waals surface area contributed by atoms with Crippen LogP contribution < -0.4 is 10.1 Å². The molecule has 2 N–H and O–H groups in total. The van der Waals surface area contributed by atoms with E-state index in [2.05, 4.69) is 5.32 Å². The van der Waals surface area contributed by atoms with Crippen molar-refractivity contribution < 1.29 is 19.4 Å². The van der Waals surface area contributed by atoms with Gasteiger partial charge in [-0.1, -0.05) is 13.3 Å². The van der Waals surface area contributed by atoms with Crippen LogP contribution in [-0.4, -0.2) is 36.9 Å². The Morgan fingerprint density at radius 3 is 2.48 bits per heavy atom. The second kappa shape index (κ2) is 9.70. The Bertz CT molecular complexity index is 524. The number of aliphatic hydroxyl groups excluding tert-OH is 1. The maximum atomic E-state index is 12.3. The summed E-state index contributed by atoms with van der Waals surface area (Å²) in [5.41, 5.74) is 0.690. The molecule has 0 saturated carbocycles. The Kier molecular flexibility index (Phi) is 7.92. The van der Waals surface area contributed by atoms with Gasteiger partial charge in [-0.2, -0.15) is 5.26 Å². The molecule has 0 fully saturated rings. The van der Waals surface area contributed by atoms with Gasteiger partial charge in [0.2, 0.25) is 0 Å². The molecule has 0 aromatic heterocycles. The molecule has 0 aliphatic carbocycles. The maximum absolute atomic E-state index is 12.3. The normalized spacial score (nSPS) is 14.2. The average Bonchev–Trinajstić information content (AvgIpc) is 2.58. The molecule has 6 heteroatoms. The van der Waals surface area contributed by atoms with Crippen LogP contribution in [0.2, 0.25) is 0 Å². The summed E-state index contributed by atoms with van der Waals surface area (Å²) in [6, 6.07) is 8.09. The Hall–Kier alpha value is -2.26. The predicted molar refractivity (Wildman–Crippen MR) is 87.1 cm³/mol. The third kappa shape index (κ3) is 5.46. The molecule has 0 amide bonds. The summed E-state index contributed by atoms with van der Waals surface area (Å²) in [5.74, 6) is -0.326. The van der Waals surface area contributed by atoms with E-state index < -0.39 is 24.0 Å². The van der Waals surface area contributed by atoms with Crippen LogP contribution in [0.1, 0.15) is 26.7 Å². The summed E-state index contributed by atoms with van der Waals surface area (Å²) in [4.78, 5) is 12.3. The van der Waals surface area contributed by atoms with Crippen LogP contribution in [0.15, 0.2) is 24.3 Å². The number of rotatable bonds is 9. The number of carbonyl (C=O) groups excluding carboxylic acids is 1. The fourth-order valence-electron chi connectivity index (χ4n) is 2.38. The van der Waals surface area contributed by atoms with Gasteiger partial charge < -0.3 is 19.9 Å². The van der Waals surface area contributed by atoms with E-state index in [1.165, 1.54) is 0 Å². The van der Waals surface area contributed by atoms with Crippen molar-refractivity contribution in [3.05, 3.63) is 24.3 Å². The van der Waals surface area contributed by atoms with Crippen molar-refractivity contribution in [1.82, 2.24) is 0 Å². The first-order valence-corrected chi connectivity index (χ1v) is 7.72. The Morgan fingerprint density at radius 1 is 1.35 bits per heavy atom. The molecular weight excluding hydrogens is 296 g/mol. The number of aliphatic hydroxyl groups is 1. The van der Waals surface area contributed by atoms with E-state index in [4.69, 9.17) is 14.7 Å². The molecular formula is C17H24N2O4. The van der Waals surface area contributed by atoms with Crippen LogP contribution in [0.4, 0.5) is 5.69 Å². The van der Waals surface area contributed by atoms with Crippen molar-refractivity contribution in [2.75, 3.05) is 19.0 Å². The summed E-state index contributed by atoms with van der Waals surface area (Å²) >= 11 is 0. The maximum Gasteiger partial charge on any atom is 0.328 e. The average molecular weight is 320 g/mol. The first kappa shape index (κ1) is 18.8. The van der Waals surface area contributed by atoms with Crippen LogP contribution in [0.25, 0.3) is 0 Å². The molecule has 0 radical (unpaired) electrons. The number of anilines is 1. The molecule has 1 aromatic rings. The largest absolute Gasteiger partial charge is 0.497 e. The zero-order valence-electron chi connectivity index (χ0n) is 13.8. The number of carbonyl (C=O) groups is 1. The van der Waals surface area contributed by atoms with E-state index in [0.29, 0.717) is 17.9 Å². The highest BCUT2D eigenvalue weighted by molar-refractivity contribution is 5.80. The van der Waals surface area contributed by atoms with E-state index in [0.717, 1.165) is 6.42 Å². The van der Waals surface area contributed by atoms with Gasteiger partial charge in [0.1, 0.15) is 17.9 Å². The molecule has 0 aliphatic heterocycles. The Morgan fingerprint density at radius 2 is 2.00 bits per heavy atom. The first-order chi connectivity index (χ1) is 11.1. The highest BCUT2D eigenvalue weighted by atomic mass is 16.5. The third-order valence-corrected chi connectivity index (χ3v) is 3.54. The van der Waals surface area contributed by atoms with Crippen LogP contribution >= 0.6 is 0 Å². The lowest BCUT2D eigenvalue weighted by atomic mass is 9.89. The number of methoxy groups -OCH3 is 1. The molecule has 1 rings (SSSR count). The number of ether oxygens (including phenoxy) is 2. The fourth-order valence-corrected chi connectivity index (χ4v) is 2.38. The van der Waals surface area contributed by atoms with Crippen molar-refractivity contribution in [3.8, 4) is 11.8 Å². The number of hydrogen-bond donors (Lipinski definition) is 2. The van der Waals surface area contributed by atoms with Crippen LogP contribution in [0, 0.1) is 17.2 Å². The van der Waals surface area contributed by atoms with Crippen LogP contribution in [0.3, 0.4) is 0 Å². The Balaban J connectivity index is 3.02. The standard InChI is InChI=1S/C17H24N2O4/c1-4-6-14(15(20)11-18)16(17(21)23-5-2)19-12-7-9-13(22-3)10-8-12/h7-10,14-16,19-20H,4-6H2,1-3H3/t14-,15+,16+/m1/s1. The van der Waals surface area contributed by atoms with Crippen LogP contribution in [-0.2, 0) is 9.53 Å². The number of benzene rings is 1. The smallest absolute Gasteiger partial charge is 0.328 e. The molecule has 23 heavy (non-hydrogen) atoms. The van der Waals surface area contributed by atoms with Gasteiger partial charge in [0.25, 0.3) is 0 Å². The molecule has 0 aliphatic rings. The molecule has 0 spiro atoms. The van der Waals surface area contributed by atoms with Crippen molar-refractivity contribution in [2.45, 2.75) is 38.8 Å². The number of nitrogens with one attached hydrogen (secondary N) is 1. The summed E-state index contributed by atoms with van der Waals surface area (Å²) in [5, 5.41) is 22.1. The number of hydrogen-bond acceptors (Lipinski definition) is 6. The zero-order chi connectivity index (χ0) is 17.2. The van der Waals surface area contributed by atoms with E-state index in [1.54, 1.807) is 38.3 Å². The van der Waals surface area contributed by atoms with E-state index >= 15 is 0 Å². The molecule has 0 bridgehead atoms. The van der Waals surface area contributed by atoms with E-state index in [-0.39, 0.29) is 6.61 Å². The van der Waals surface area contributed by atoms with Crippen molar-refractivity contribution in [1.29, 1.82) is 5.26 Å². The lowest BCUT2D eigenvalue weighted by Crippen LogP contribution is -2.43. The van der Waals surface area contributed by atoms with Gasteiger partial charge in [-0.15, -0.1) is 0 Å². The molecule has 126 valence electrons. The monoisotopic (exact) mass is 320 g/mol. The second-order valence-corrected chi connectivity index (χ2v) is 5.13. The van der Waals surface area contributed by atoms with Gasteiger partial charge in [-0.3, -0.25) is 0 Å². The molecule has 6 nitrogen and oxygen atoms in total. The van der Waals surface area contributed by atoms with E-state index in [1.807, 2.05) is 13.0 Å². The zero-order valence-corrected chi connectivity index (χ0v) is 13.8. The SMILES string of the molecule is CCC[C@@H]([C@H](Nc1ccc(OC)cc1)C(=O)OCC)[C@@H](O)C#N. The van der Waals surface area contributed by atoms with Gasteiger partial charge >= 0.3 is 5.97 Å². The number of nitrogens with zero attached hydrogens (tertiary/aromatic N) is 1. The van der Waals surface area contributed by atoms with Crippen LogP contribution in [0.5, 0.6) is 5.75 Å². The summed E-state index contributed by atoms with van der Waals surface area (Å²) < 4.78 is 10.2. The minimum atomic E-state index is -1.24. The third-order valence-electron chi connectivity index (χ3n) is 3.54. The fraction of sp³-hybridized carbons (Fsp3) is 0.529. The minimum absolute atomic E-state index is 0.237. The van der Waals surface area contributed by atoms with Gasteiger partial charge in [-0.25, -0.2) is 4.79 Å². The lowest BCUT2D eigenvalue weighted by molar-refractivity contribution is -0.146. The van der Waals surface area contributed by atoms with E-state index in [9.17, 15) is 9.90 Å². The molecule has 0 unspecified atom stereocenters. The minimum Gasteiger partial charge on any atom is -0.497 e. The highest BCUT2D eigenvalue weighted by Gasteiger charge is 2.34. The van der Waals surface area contributed by atoms with Crippen molar-refractivity contribution in [2.24, 2.45) is 5.92 Å². The summed E-state index contributed by atoms with van der Waals surface area (Å²) in [6.07, 6.45) is 0.0282. The Labute approximate surface area is 137 Å². The molecule has 0 saturated heterocycles. The highest BCUT2D eigenvalue weighted by Crippen LogP contribution is 2.23. The molecule has 3 atom stereocenters.